The summed E-state index contributed by atoms with van der Waals surface area (Å²) in [5.41, 5.74) is 0. The van der Waals surface area contributed by atoms with Crippen LogP contribution in [0.15, 0.2) is 16.5 Å². The van der Waals surface area contributed by atoms with E-state index < -0.39 is 5.76 Å². The van der Waals surface area contributed by atoms with Crippen LogP contribution in [0.3, 0.4) is 0 Å². The Hall–Kier alpha value is -0.590. The summed E-state index contributed by atoms with van der Waals surface area (Å²) in [6.45, 7) is 4.76. The zero-order valence-corrected chi connectivity index (χ0v) is 12.1. The van der Waals surface area contributed by atoms with E-state index in [1.807, 2.05) is 0 Å². The first kappa shape index (κ1) is 16.5. The van der Waals surface area contributed by atoms with Crippen LogP contribution in [0.5, 0.6) is 0 Å². The number of furan rings is 1. The van der Waals surface area contributed by atoms with Crippen molar-refractivity contribution in [3.05, 3.63) is 23.7 Å². The lowest BCUT2D eigenvalue weighted by Gasteiger charge is -2.17. The van der Waals surface area contributed by atoms with E-state index >= 15 is 0 Å². The van der Waals surface area contributed by atoms with Crippen LogP contribution < -0.4 is 5.32 Å². The highest BCUT2D eigenvalue weighted by Crippen LogP contribution is 2.21. The largest absolute Gasteiger partial charge is 0.464 e. The monoisotopic (exact) mass is 293 g/mol. The first-order chi connectivity index (χ1) is 9.01. The van der Waals surface area contributed by atoms with E-state index in [1.165, 1.54) is 0 Å². The molecule has 6 heteroatoms. The number of hydrogen-bond donors (Lipinski definition) is 2. The van der Waals surface area contributed by atoms with Crippen LogP contribution in [0.25, 0.3) is 0 Å². The molecule has 0 fully saturated rings. The lowest BCUT2D eigenvalue weighted by atomic mass is 10.0. The van der Waals surface area contributed by atoms with Crippen molar-refractivity contribution in [3.8, 4) is 0 Å². The Kier molecular flexibility index (Phi) is 7.41. The van der Waals surface area contributed by atoms with Crippen LogP contribution >= 0.6 is 11.8 Å². The SMILES string of the molecule is CC(C)CC(CO)NCc1ccc(CSC(F)F)o1. The third kappa shape index (κ3) is 6.94. The summed E-state index contributed by atoms with van der Waals surface area (Å²) in [5.74, 6) is -0.457. The number of aliphatic hydroxyl groups is 1. The van der Waals surface area contributed by atoms with E-state index in [0.29, 0.717) is 35.7 Å². The highest BCUT2D eigenvalue weighted by atomic mass is 32.2. The molecule has 0 aromatic carbocycles. The van der Waals surface area contributed by atoms with Crippen LogP contribution in [0.1, 0.15) is 31.8 Å². The minimum absolute atomic E-state index is 0.0315. The van der Waals surface area contributed by atoms with Gasteiger partial charge in [-0.25, -0.2) is 0 Å². The Morgan fingerprint density at radius 1 is 1.32 bits per heavy atom. The maximum Gasteiger partial charge on any atom is 0.284 e. The van der Waals surface area contributed by atoms with Gasteiger partial charge in [-0.15, -0.1) is 0 Å². The van der Waals surface area contributed by atoms with Gasteiger partial charge in [-0.2, -0.15) is 8.78 Å². The van der Waals surface area contributed by atoms with E-state index in [4.69, 9.17) is 4.42 Å². The van der Waals surface area contributed by atoms with Crippen molar-refractivity contribution in [1.29, 1.82) is 0 Å². The fourth-order valence-electron chi connectivity index (χ4n) is 1.78. The van der Waals surface area contributed by atoms with E-state index in [2.05, 4.69) is 19.2 Å². The molecule has 0 radical (unpaired) electrons. The molecule has 0 spiro atoms. The number of rotatable bonds is 9. The summed E-state index contributed by atoms with van der Waals surface area (Å²) in [6, 6.07) is 3.52. The summed E-state index contributed by atoms with van der Waals surface area (Å²) < 4.78 is 29.5. The van der Waals surface area contributed by atoms with E-state index in [1.54, 1.807) is 12.1 Å². The average Bonchev–Trinajstić information content (AvgIpc) is 2.79. The third-order valence-electron chi connectivity index (χ3n) is 2.61. The predicted molar refractivity (Wildman–Crippen MR) is 73.2 cm³/mol. The van der Waals surface area contributed by atoms with Crippen LogP contribution in [0, 0.1) is 5.92 Å². The van der Waals surface area contributed by atoms with Crippen molar-refractivity contribution in [3.63, 3.8) is 0 Å². The molecule has 1 heterocycles. The van der Waals surface area contributed by atoms with Crippen molar-refractivity contribution >= 4 is 11.8 Å². The first-order valence-corrected chi connectivity index (χ1v) is 7.37. The van der Waals surface area contributed by atoms with Crippen molar-refractivity contribution < 1.29 is 18.3 Å². The van der Waals surface area contributed by atoms with Gasteiger partial charge in [0.15, 0.2) is 0 Å². The second kappa shape index (κ2) is 8.55. The van der Waals surface area contributed by atoms with Gasteiger partial charge in [0.2, 0.25) is 0 Å². The molecule has 0 saturated heterocycles. The van der Waals surface area contributed by atoms with Crippen molar-refractivity contribution in [2.24, 2.45) is 5.92 Å². The lowest BCUT2D eigenvalue weighted by molar-refractivity contribution is 0.220. The summed E-state index contributed by atoms with van der Waals surface area (Å²) in [7, 11) is 0. The second-order valence-electron chi connectivity index (χ2n) is 4.83. The first-order valence-electron chi connectivity index (χ1n) is 6.32. The summed E-state index contributed by atoms with van der Waals surface area (Å²) in [6.07, 6.45) is 0.880. The molecule has 0 aliphatic heterocycles. The molecule has 1 rings (SSSR count). The summed E-state index contributed by atoms with van der Waals surface area (Å²) in [5, 5.41) is 12.4. The van der Waals surface area contributed by atoms with Gasteiger partial charge in [-0.05, 0) is 24.5 Å². The van der Waals surface area contributed by atoms with Crippen LogP contribution in [0.4, 0.5) is 8.78 Å². The molecular formula is C13H21F2NO2S. The third-order valence-corrected chi connectivity index (χ3v) is 3.31. The van der Waals surface area contributed by atoms with Gasteiger partial charge < -0.3 is 14.8 Å². The maximum absolute atomic E-state index is 12.0. The Bertz CT molecular complexity index is 358. The quantitative estimate of drug-likeness (QED) is 0.734. The zero-order chi connectivity index (χ0) is 14.3. The Morgan fingerprint density at radius 3 is 2.58 bits per heavy atom. The maximum atomic E-state index is 12.0. The highest BCUT2D eigenvalue weighted by Gasteiger charge is 2.11. The van der Waals surface area contributed by atoms with Gasteiger partial charge in [0.05, 0.1) is 18.9 Å². The van der Waals surface area contributed by atoms with Crippen LogP contribution in [-0.2, 0) is 12.3 Å². The van der Waals surface area contributed by atoms with Crippen molar-refractivity contribution in [2.75, 3.05) is 6.61 Å². The number of hydrogen-bond acceptors (Lipinski definition) is 4. The number of halogens is 2. The molecule has 1 aromatic rings. The fourth-order valence-corrected chi connectivity index (χ4v) is 2.22. The molecule has 19 heavy (non-hydrogen) atoms. The van der Waals surface area contributed by atoms with E-state index in [0.717, 1.165) is 6.42 Å². The normalized spacial score (nSPS) is 13.4. The van der Waals surface area contributed by atoms with Gasteiger partial charge in [0.1, 0.15) is 11.5 Å². The fraction of sp³-hybridized carbons (Fsp3) is 0.692. The number of thioether (sulfide) groups is 1. The lowest BCUT2D eigenvalue weighted by Crippen LogP contribution is -2.33. The van der Waals surface area contributed by atoms with Gasteiger partial charge in [-0.1, -0.05) is 25.6 Å². The van der Waals surface area contributed by atoms with Crippen molar-refractivity contribution in [2.45, 2.75) is 44.4 Å². The topological polar surface area (TPSA) is 45.4 Å². The molecule has 0 aliphatic carbocycles. The minimum Gasteiger partial charge on any atom is -0.464 e. The van der Waals surface area contributed by atoms with Gasteiger partial charge in [0.25, 0.3) is 5.76 Å². The Balaban J connectivity index is 2.36. The number of aliphatic hydroxyl groups excluding tert-OH is 1. The van der Waals surface area contributed by atoms with E-state index in [-0.39, 0.29) is 18.4 Å². The second-order valence-corrected chi connectivity index (χ2v) is 5.81. The molecule has 0 saturated carbocycles. The number of alkyl halides is 2. The Labute approximate surface area is 116 Å². The molecule has 1 unspecified atom stereocenters. The predicted octanol–water partition coefficient (Wildman–Crippen LogP) is 3.23. The molecule has 1 aromatic heterocycles. The Morgan fingerprint density at radius 2 is 2.00 bits per heavy atom. The summed E-state index contributed by atoms with van der Waals surface area (Å²) >= 11 is 0.548. The molecule has 0 bridgehead atoms. The molecular weight excluding hydrogens is 272 g/mol. The van der Waals surface area contributed by atoms with Gasteiger partial charge >= 0.3 is 0 Å². The minimum atomic E-state index is -2.38. The highest BCUT2D eigenvalue weighted by molar-refractivity contribution is 7.98. The zero-order valence-electron chi connectivity index (χ0n) is 11.2. The average molecular weight is 293 g/mol. The summed E-state index contributed by atoms with van der Waals surface area (Å²) in [4.78, 5) is 0. The van der Waals surface area contributed by atoms with Gasteiger partial charge in [0, 0.05) is 6.04 Å². The smallest absolute Gasteiger partial charge is 0.284 e. The van der Waals surface area contributed by atoms with Crippen molar-refractivity contribution in [1.82, 2.24) is 5.32 Å². The molecule has 1 atom stereocenters. The standard InChI is InChI=1S/C13H21F2NO2S/c1-9(2)5-10(7-17)16-6-11-3-4-12(18-11)8-19-13(14)15/h3-4,9-10,13,16-17H,5-8H2,1-2H3. The molecule has 110 valence electrons. The molecule has 3 nitrogen and oxygen atoms in total. The van der Waals surface area contributed by atoms with Crippen LogP contribution in [0.2, 0.25) is 0 Å². The number of nitrogens with one attached hydrogen (secondary N) is 1. The molecule has 2 N–H and O–H groups in total. The van der Waals surface area contributed by atoms with Gasteiger partial charge in [-0.3, -0.25) is 0 Å². The molecule has 0 amide bonds. The van der Waals surface area contributed by atoms with Crippen LogP contribution in [-0.4, -0.2) is 23.5 Å². The molecule has 0 aliphatic rings. The van der Waals surface area contributed by atoms with E-state index in [9.17, 15) is 13.9 Å².